The minimum absolute atomic E-state index is 0.0117. The Morgan fingerprint density at radius 3 is 2.72 bits per heavy atom. The normalized spacial score (nSPS) is 10.4. The Morgan fingerprint density at radius 1 is 1.33 bits per heavy atom. The molecule has 1 aromatic rings. The molecule has 0 heterocycles. The van der Waals surface area contributed by atoms with Crippen molar-refractivity contribution in [2.45, 2.75) is 13.3 Å². The zero-order valence-corrected chi connectivity index (χ0v) is 11.0. The number of hydrogen-bond donors (Lipinski definition) is 1. The Bertz CT molecular complexity index is 427. The van der Waals surface area contributed by atoms with E-state index in [0.29, 0.717) is 6.54 Å². The number of methoxy groups -OCH3 is 2. The number of carbonyl (C=O) groups is 1. The molecule has 1 N–H and O–H groups in total. The third-order valence-corrected chi connectivity index (χ3v) is 2.42. The molecule has 0 spiro atoms. The van der Waals surface area contributed by atoms with Crippen molar-refractivity contribution < 1.29 is 14.3 Å². The molecule has 0 aliphatic rings. The lowest BCUT2D eigenvalue weighted by Crippen LogP contribution is -2.20. The van der Waals surface area contributed by atoms with Gasteiger partial charge < -0.3 is 14.8 Å². The van der Waals surface area contributed by atoms with Crippen molar-refractivity contribution in [2.24, 2.45) is 0 Å². The minimum Gasteiger partial charge on any atom is -0.497 e. The SMILES string of the molecule is COc1ccc(OC)c(C=CCCNC(C)=O)c1. The first-order chi connectivity index (χ1) is 8.67. The first-order valence-corrected chi connectivity index (χ1v) is 5.80. The van der Waals surface area contributed by atoms with Gasteiger partial charge in [-0.05, 0) is 24.6 Å². The van der Waals surface area contributed by atoms with Crippen LogP contribution in [0.15, 0.2) is 24.3 Å². The molecular formula is C14H19NO3. The van der Waals surface area contributed by atoms with Crippen molar-refractivity contribution in [3.8, 4) is 11.5 Å². The average molecular weight is 249 g/mol. The Labute approximate surface area is 108 Å². The lowest BCUT2D eigenvalue weighted by atomic mass is 10.1. The van der Waals surface area contributed by atoms with E-state index >= 15 is 0 Å². The van der Waals surface area contributed by atoms with Gasteiger partial charge in [-0.25, -0.2) is 0 Å². The molecule has 1 rings (SSSR count). The molecule has 0 fully saturated rings. The Hall–Kier alpha value is -1.97. The molecule has 0 aliphatic carbocycles. The van der Waals surface area contributed by atoms with Crippen LogP contribution in [-0.2, 0) is 4.79 Å². The number of amides is 1. The van der Waals surface area contributed by atoms with E-state index in [0.717, 1.165) is 23.5 Å². The van der Waals surface area contributed by atoms with E-state index in [9.17, 15) is 4.79 Å². The third-order valence-electron chi connectivity index (χ3n) is 2.42. The molecule has 1 aromatic carbocycles. The Morgan fingerprint density at radius 2 is 2.11 bits per heavy atom. The number of benzene rings is 1. The summed E-state index contributed by atoms with van der Waals surface area (Å²) in [5.41, 5.74) is 0.958. The summed E-state index contributed by atoms with van der Waals surface area (Å²) in [6.07, 6.45) is 4.73. The second-order valence-corrected chi connectivity index (χ2v) is 3.78. The summed E-state index contributed by atoms with van der Waals surface area (Å²) in [5.74, 6) is 1.58. The van der Waals surface area contributed by atoms with Crippen LogP contribution >= 0.6 is 0 Å². The van der Waals surface area contributed by atoms with Crippen molar-refractivity contribution >= 4 is 12.0 Å². The largest absolute Gasteiger partial charge is 0.497 e. The van der Waals surface area contributed by atoms with Gasteiger partial charge in [0, 0.05) is 19.0 Å². The molecule has 0 radical (unpaired) electrons. The predicted molar refractivity (Wildman–Crippen MR) is 71.9 cm³/mol. The molecule has 98 valence electrons. The fraction of sp³-hybridized carbons (Fsp3) is 0.357. The van der Waals surface area contributed by atoms with Crippen molar-refractivity contribution in [2.75, 3.05) is 20.8 Å². The van der Waals surface area contributed by atoms with E-state index < -0.39 is 0 Å². The Balaban J connectivity index is 2.63. The zero-order valence-electron chi connectivity index (χ0n) is 11.0. The maximum Gasteiger partial charge on any atom is 0.216 e. The molecule has 0 aliphatic heterocycles. The monoisotopic (exact) mass is 249 g/mol. The first-order valence-electron chi connectivity index (χ1n) is 5.80. The lowest BCUT2D eigenvalue weighted by molar-refractivity contribution is -0.118. The van der Waals surface area contributed by atoms with Crippen LogP contribution < -0.4 is 14.8 Å². The maximum absolute atomic E-state index is 10.7. The number of nitrogens with one attached hydrogen (secondary N) is 1. The van der Waals surface area contributed by atoms with Crippen molar-refractivity contribution in [3.05, 3.63) is 29.8 Å². The summed E-state index contributed by atoms with van der Waals surface area (Å²) in [6, 6.07) is 5.63. The summed E-state index contributed by atoms with van der Waals surface area (Å²) in [4.78, 5) is 10.7. The first kappa shape index (κ1) is 14.1. The van der Waals surface area contributed by atoms with Crippen LogP contribution in [0.1, 0.15) is 18.9 Å². The number of carbonyl (C=O) groups excluding carboxylic acids is 1. The van der Waals surface area contributed by atoms with Crippen molar-refractivity contribution in [1.29, 1.82) is 0 Å². The molecule has 0 saturated carbocycles. The van der Waals surface area contributed by atoms with Crippen LogP contribution in [0.5, 0.6) is 11.5 Å². The van der Waals surface area contributed by atoms with Crippen LogP contribution in [0.3, 0.4) is 0 Å². The second kappa shape index (κ2) is 7.37. The average Bonchev–Trinajstić information content (AvgIpc) is 2.37. The topological polar surface area (TPSA) is 47.6 Å². The fourth-order valence-corrected chi connectivity index (χ4v) is 1.51. The van der Waals surface area contributed by atoms with Crippen molar-refractivity contribution in [1.82, 2.24) is 5.32 Å². The smallest absolute Gasteiger partial charge is 0.216 e. The molecule has 0 saturated heterocycles. The number of hydrogen-bond acceptors (Lipinski definition) is 3. The van der Waals surface area contributed by atoms with E-state index in [1.54, 1.807) is 14.2 Å². The molecular weight excluding hydrogens is 230 g/mol. The highest BCUT2D eigenvalue weighted by molar-refractivity contribution is 5.72. The molecule has 18 heavy (non-hydrogen) atoms. The summed E-state index contributed by atoms with van der Waals surface area (Å²) in [6.45, 7) is 2.15. The highest BCUT2D eigenvalue weighted by Gasteiger charge is 2.01. The molecule has 0 unspecified atom stereocenters. The van der Waals surface area contributed by atoms with Gasteiger partial charge in [0.05, 0.1) is 14.2 Å². The maximum atomic E-state index is 10.7. The van der Waals surface area contributed by atoms with Crippen LogP contribution in [0.2, 0.25) is 0 Å². The van der Waals surface area contributed by atoms with Gasteiger partial charge in [0.2, 0.25) is 5.91 Å². The summed E-state index contributed by atoms with van der Waals surface area (Å²) in [5, 5.41) is 2.74. The second-order valence-electron chi connectivity index (χ2n) is 3.78. The highest BCUT2D eigenvalue weighted by atomic mass is 16.5. The predicted octanol–water partition coefficient (Wildman–Crippen LogP) is 2.24. The van der Waals surface area contributed by atoms with Crippen molar-refractivity contribution in [3.63, 3.8) is 0 Å². The van der Waals surface area contributed by atoms with Gasteiger partial charge in [-0.3, -0.25) is 4.79 Å². The lowest BCUT2D eigenvalue weighted by Gasteiger charge is -2.07. The van der Waals surface area contributed by atoms with E-state index in [2.05, 4.69) is 5.32 Å². The molecule has 0 atom stereocenters. The standard InChI is InChI=1S/C14H19NO3/c1-11(16)15-9-5-4-6-12-10-13(17-2)7-8-14(12)18-3/h4,6-8,10H,5,9H2,1-3H3,(H,15,16). The summed E-state index contributed by atoms with van der Waals surface area (Å²) >= 11 is 0. The van der Waals surface area contributed by atoms with Crippen LogP contribution in [0.25, 0.3) is 6.08 Å². The van der Waals surface area contributed by atoms with Crippen LogP contribution in [0, 0.1) is 0 Å². The molecule has 0 bridgehead atoms. The van der Waals surface area contributed by atoms with E-state index in [1.165, 1.54) is 6.92 Å². The van der Waals surface area contributed by atoms with Gasteiger partial charge >= 0.3 is 0 Å². The van der Waals surface area contributed by atoms with Crippen LogP contribution in [0.4, 0.5) is 0 Å². The molecule has 4 nitrogen and oxygen atoms in total. The van der Waals surface area contributed by atoms with Gasteiger partial charge in [0.15, 0.2) is 0 Å². The van der Waals surface area contributed by atoms with E-state index in [4.69, 9.17) is 9.47 Å². The highest BCUT2D eigenvalue weighted by Crippen LogP contribution is 2.25. The van der Waals surface area contributed by atoms with Gasteiger partial charge in [0.25, 0.3) is 0 Å². The number of rotatable bonds is 6. The number of ether oxygens (including phenoxy) is 2. The minimum atomic E-state index is -0.0117. The van der Waals surface area contributed by atoms with E-state index in [-0.39, 0.29) is 5.91 Å². The zero-order chi connectivity index (χ0) is 13.4. The fourth-order valence-electron chi connectivity index (χ4n) is 1.51. The van der Waals surface area contributed by atoms with Gasteiger partial charge in [0.1, 0.15) is 11.5 Å². The molecule has 1 amide bonds. The van der Waals surface area contributed by atoms with Gasteiger partial charge in [-0.2, -0.15) is 0 Å². The van der Waals surface area contributed by atoms with E-state index in [1.807, 2.05) is 30.4 Å². The molecule has 0 aromatic heterocycles. The molecule has 4 heteroatoms. The van der Waals surface area contributed by atoms with Gasteiger partial charge in [-0.15, -0.1) is 0 Å². The van der Waals surface area contributed by atoms with Gasteiger partial charge in [-0.1, -0.05) is 12.2 Å². The third kappa shape index (κ3) is 4.49. The Kier molecular flexibility index (Phi) is 5.77. The quantitative estimate of drug-likeness (QED) is 0.786. The van der Waals surface area contributed by atoms with Crippen LogP contribution in [-0.4, -0.2) is 26.7 Å². The summed E-state index contributed by atoms with van der Waals surface area (Å²) < 4.78 is 10.4. The summed E-state index contributed by atoms with van der Waals surface area (Å²) in [7, 11) is 3.27.